The van der Waals surface area contributed by atoms with Gasteiger partial charge in [-0.25, -0.2) is 4.31 Å². The van der Waals surface area contributed by atoms with Crippen LogP contribution in [-0.2, 0) is 4.74 Å². The number of morpholine rings is 1. The Morgan fingerprint density at radius 1 is 1.54 bits per heavy atom. The van der Waals surface area contributed by atoms with Crippen LogP contribution in [0, 0.1) is 0 Å². The highest BCUT2D eigenvalue weighted by atomic mass is 32.3. The van der Waals surface area contributed by atoms with Crippen LogP contribution in [0.15, 0.2) is 0 Å². The molecule has 0 bridgehead atoms. The minimum absolute atomic E-state index is 0.224. The fraction of sp³-hybridized carbons (Fsp3) is 1.00. The molecule has 0 aromatic rings. The van der Waals surface area contributed by atoms with Crippen LogP contribution in [0.2, 0.25) is 0 Å². The van der Waals surface area contributed by atoms with Crippen molar-refractivity contribution >= 4 is 10.8 Å². The molecule has 1 aliphatic heterocycles. The highest BCUT2D eigenvalue weighted by Crippen LogP contribution is 2.41. The number of ether oxygens (including phenoxy) is 1. The number of hydrogen-bond donors (Lipinski definition) is 2. The lowest BCUT2D eigenvalue weighted by atomic mass is 10.0. The standard InChI is InChI=1S/C8H19NO3S/c1-4-8(2)7-9(5-6-12-8)13(3,10)11/h10-11H,4-7H2,1-3H3. The van der Waals surface area contributed by atoms with Gasteiger partial charge in [-0.1, -0.05) is 6.92 Å². The van der Waals surface area contributed by atoms with Gasteiger partial charge in [0.1, 0.15) is 0 Å². The highest BCUT2D eigenvalue weighted by molar-refractivity contribution is 8.21. The summed E-state index contributed by atoms with van der Waals surface area (Å²) in [6.07, 6.45) is 2.35. The summed E-state index contributed by atoms with van der Waals surface area (Å²) < 4.78 is 26.3. The van der Waals surface area contributed by atoms with E-state index in [4.69, 9.17) is 4.74 Å². The molecule has 4 nitrogen and oxygen atoms in total. The Bertz CT molecular complexity index is 183. The Labute approximate surface area is 81.4 Å². The molecule has 1 saturated heterocycles. The lowest BCUT2D eigenvalue weighted by molar-refractivity contribution is -0.0804. The third-order valence-electron chi connectivity index (χ3n) is 2.54. The van der Waals surface area contributed by atoms with Gasteiger partial charge in [0.25, 0.3) is 0 Å². The van der Waals surface area contributed by atoms with Crippen LogP contribution in [0.1, 0.15) is 20.3 Å². The van der Waals surface area contributed by atoms with E-state index in [0.29, 0.717) is 19.7 Å². The zero-order valence-electron chi connectivity index (χ0n) is 8.49. The van der Waals surface area contributed by atoms with Gasteiger partial charge in [0, 0.05) is 19.3 Å². The molecule has 1 fully saturated rings. The molecule has 0 aliphatic carbocycles. The molecule has 1 aliphatic rings. The summed E-state index contributed by atoms with van der Waals surface area (Å²) in [5.41, 5.74) is -0.224. The van der Waals surface area contributed by atoms with Crippen molar-refractivity contribution < 1.29 is 13.8 Å². The molecule has 2 N–H and O–H groups in total. The van der Waals surface area contributed by atoms with Crippen molar-refractivity contribution in [1.29, 1.82) is 0 Å². The van der Waals surface area contributed by atoms with Crippen molar-refractivity contribution in [3.8, 4) is 0 Å². The first-order chi connectivity index (χ1) is 5.87. The van der Waals surface area contributed by atoms with Gasteiger partial charge in [0.15, 0.2) is 0 Å². The topological polar surface area (TPSA) is 52.9 Å². The van der Waals surface area contributed by atoms with E-state index in [1.54, 1.807) is 4.31 Å². The van der Waals surface area contributed by atoms with Crippen LogP contribution >= 0.6 is 10.8 Å². The SMILES string of the molecule is CCC1(C)CN(S(C)(O)O)CCO1. The van der Waals surface area contributed by atoms with Gasteiger partial charge in [0.05, 0.1) is 12.2 Å². The molecule has 5 heteroatoms. The molecule has 0 spiro atoms. The zero-order chi connectivity index (χ0) is 10.1. The van der Waals surface area contributed by atoms with Gasteiger partial charge < -0.3 is 4.74 Å². The second-order valence-electron chi connectivity index (χ2n) is 3.81. The average Bonchev–Trinajstić information content (AvgIpc) is 2.03. The van der Waals surface area contributed by atoms with E-state index in [1.165, 1.54) is 6.26 Å². The first-order valence-electron chi connectivity index (χ1n) is 4.50. The molecule has 80 valence electrons. The van der Waals surface area contributed by atoms with E-state index >= 15 is 0 Å². The summed E-state index contributed by atoms with van der Waals surface area (Å²) in [4.78, 5) is 0. The predicted molar refractivity (Wildman–Crippen MR) is 55.0 cm³/mol. The summed E-state index contributed by atoms with van der Waals surface area (Å²) >= 11 is 0. The van der Waals surface area contributed by atoms with Gasteiger partial charge >= 0.3 is 0 Å². The van der Waals surface area contributed by atoms with E-state index in [1.807, 2.05) is 13.8 Å². The van der Waals surface area contributed by atoms with Crippen molar-refractivity contribution in [3.05, 3.63) is 0 Å². The fourth-order valence-electron chi connectivity index (χ4n) is 1.40. The minimum atomic E-state index is -2.55. The van der Waals surface area contributed by atoms with E-state index in [0.717, 1.165) is 6.42 Å². The number of nitrogens with zero attached hydrogens (tertiary/aromatic N) is 1. The number of rotatable bonds is 2. The normalized spacial score (nSPS) is 33.3. The first kappa shape index (κ1) is 11.3. The predicted octanol–water partition coefficient (Wildman–Crippen LogP) is 1.78. The molecule has 0 saturated carbocycles. The lowest BCUT2D eigenvalue weighted by Gasteiger charge is -2.47. The fourth-order valence-corrected chi connectivity index (χ4v) is 2.34. The van der Waals surface area contributed by atoms with Crippen LogP contribution in [-0.4, -0.2) is 45.0 Å². The van der Waals surface area contributed by atoms with Crippen molar-refractivity contribution in [2.75, 3.05) is 26.0 Å². The largest absolute Gasteiger partial charge is 0.373 e. The first-order valence-corrected chi connectivity index (χ1v) is 6.41. The lowest BCUT2D eigenvalue weighted by Crippen LogP contribution is -2.50. The van der Waals surface area contributed by atoms with E-state index < -0.39 is 10.8 Å². The Morgan fingerprint density at radius 3 is 2.62 bits per heavy atom. The second-order valence-corrected chi connectivity index (χ2v) is 5.91. The molecular formula is C8H19NO3S. The molecule has 0 aromatic carbocycles. The molecule has 1 unspecified atom stereocenters. The number of hydrogen-bond acceptors (Lipinski definition) is 4. The van der Waals surface area contributed by atoms with Crippen molar-refractivity contribution in [3.63, 3.8) is 0 Å². The van der Waals surface area contributed by atoms with E-state index in [-0.39, 0.29) is 5.60 Å². The quantitative estimate of drug-likeness (QED) is 0.728. The molecule has 0 amide bonds. The summed E-state index contributed by atoms with van der Waals surface area (Å²) in [6, 6.07) is 0. The smallest absolute Gasteiger partial charge is 0.0795 e. The molecule has 0 aromatic heterocycles. The van der Waals surface area contributed by atoms with E-state index in [9.17, 15) is 9.11 Å². The Balaban J connectivity index is 2.62. The monoisotopic (exact) mass is 209 g/mol. The van der Waals surface area contributed by atoms with Crippen molar-refractivity contribution in [2.24, 2.45) is 0 Å². The van der Waals surface area contributed by atoms with Gasteiger partial charge in [0.2, 0.25) is 0 Å². The second kappa shape index (κ2) is 3.74. The summed E-state index contributed by atoms with van der Waals surface area (Å²) in [5.74, 6) is 0. The third kappa shape index (κ3) is 2.82. The van der Waals surface area contributed by atoms with Crippen LogP contribution in [0.3, 0.4) is 0 Å². The van der Waals surface area contributed by atoms with Gasteiger partial charge in [-0.05, 0) is 13.3 Å². The molecule has 1 heterocycles. The minimum Gasteiger partial charge on any atom is -0.373 e. The average molecular weight is 209 g/mol. The Hall–Kier alpha value is 0.190. The summed E-state index contributed by atoms with van der Waals surface area (Å²) in [7, 11) is -2.55. The van der Waals surface area contributed by atoms with Gasteiger partial charge in [-0.3, -0.25) is 9.11 Å². The van der Waals surface area contributed by atoms with Gasteiger partial charge in [-0.2, -0.15) is 0 Å². The maximum Gasteiger partial charge on any atom is 0.0795 e. The zero-order valence-corrected chi connectivity index (χ0v) is 9.30. The molecule has 0 radical (unpaired) electrons. The van der Waals surface area contributed by atoms with E-state index in [2.05, 4.69) is 0 Å². The van der Waals surface area contributed by atoms with Crippen LogP contribution in [0.5, 0.6) is 0 Å². The molecule has 1 rings (SSSR count). The Morgan fingerprint density at radius 2 is 2.15 bits per heavy atom. The summed E-state index contributed by atoms with van der Waals surface area (Å²) in [6.45, 7) is 5.83. The molecular weight excluding hydrogens is 190 g/mol. The van der Waals surface area contributed by atoms with Crippen LogP contribution < -0.4 is 0 Å². The summed E-state index contributed by atoms with van der Waals surface area (Å²) in [5, 5.41) is 0. The molecule has 13 heavy (non-hydrogen) atoms. The third-order valence-corrected chi connectivity index (χ3v) is 3.83. The van der Waals surface area contributed by atoms with Crippen LogP contribution in [0.4, 0.5) is 0 Å². The van der Waals surface area contributed by atoms with Crippen LogP contribution in [0.25, 0.3) is 0 Å². The maximum atomic E-state index is 9.48. The van der Waals surface area contributed by atoms with Crippen molar-refractivity contribution in [2.45, 2.75) is 25.9 Å². The van der Waals surface area contributed by atoms with Gasteiger partial charge in [-0.15, -0.1) is 10.8 Å². The van der Waals surface area contributed by atoms with Crippen molar-refractivity contribution in [1.82, 2.24) is 4.31 Å². The molecule has 1 atom stereocenters. The Kier molecular flexibility index (Phi) is 3.24. The maximum absolute atomic E-state index is 9.48. The highest BCUT2D eigenvalue weighted by Gasteiger charge is 2.34.